The molecule has 3 atom stereocenters. The van der Waals surface area contributed by atoms with Gasteiger partial charge in [0.1, 0.15) is 24.1 Å². The summed E-state index contributed by atoms with van der Waals surface area (Å²) in [7, 11) is 0. The van der Waals surface area contributed by atoms with Crippen LogP contribution in [0.15, 0.2) is 43.2 Å². The average Bonchev–Trinajstić information content (AvgIpc) is 3.44. The highest BCUT2D eigenvalue weighted by atomic mass is 16.5. The van der Waals surface area contributed by atoms with Gasteiger partial charge in [0.2, 0.25) is 0 Å². The van der Waals surface area contributed by atoms with E-state index in [0.29, 0.717) is 24.3 Å². The predicted molar refractivity (Wildman–Crippen MR) is 108 cm³/mol. The zero-order valence-electron chi connectivity index (χ0n) is 16.1. The van der Waals surface area contributed by atoms with Crippen LogP contribution in [0.1, 0.15) is 0 Å². The Morgan fingerprint density at radius 1 is 1.20 bits per heavy atom. The lowest BCUT2D eigenvalue weighted by atomic mass is 10.1. The summed E-state index contributed by atoms with van der Waals surface area (Å²) >= 11 is 0. The maximum Gasteiger partial charge on any atom is 0.197 e. The van der Waals surface area contributed by atoms with E-state index in [1.54, 1.807) is 0 Å². The second kappa shape index (κ2) is 7.29. The third-order valence-corrected chi connectivity index (χ3v) is 5.52. The summed E-state index contributed by atoms with van der Waals surface area (Å²) in [5.74, 6) is 0.209. The number of para-hydroxylation sites is 2. The van der Waals surface area contributed by atoms with E-state index >= 15 is 0 Å². The molecule has 11 heteroatoms. The molecule has 1 saturated heterocycles. The molecule has 0 radical (unpaired) electrons. The Bertz CT molecular complexity index is 1190. The van der Waals surface area contributed by atoms with Crippen LogP contribution >= 0.6 is 0 Å². The SMILES string of the molecule is Nc1ncnc2c1ncn2C1(O)COC(CNCCn2cnc3ccccc32)C1O. The number of hydrogen-bond acceptors (Lipinski definition) is 9. The van der Waals surface area contributed by atoms with Crippen LogP contribution in [-0.4, -0.2) is 71.2 Å². The summed E-state index contributed by atoms with van der Waals surface area (Å²) < 4.78 is 9.14. The number of aliphatic hydroxyl groups is 2. The lowest BCUT2D eigenvalue weighted by Crippen LogP contribution is -2.48. The van der Waals surface area contributed by atoms with E-state index in [4.69, 9.17) is 10.5 Å². The van der Waals surface area contributed by atoms with Crippen LogP contribution in [0, 0.1) is 0 Å². The van der Waals surface area contributed by atoms with Crippen LogP contribution in [0.4, 0.5) is 5.82 Å². The topological polar surface area (TPSA) is 149 Å². The van der Waals surface area contributed by atoms with Gasteiger partial charge in [-0.2, -0.15) is 0 Å². The molecule has 30 heavy (non-hydrogen) atoms. The fraction of sp³-hybridized carbons (Fsp3) is 0.368. The first-order valence-corrected chi connectivity index (χ1v) is 9.64. The van der Waals surface area contributed by atoms with Gasteiger partial charge in [-0.3, -0.25) is 4.57 Å². The smallest absolute Gasteiger partial charge is 0.197 e. The summed E-state index contributed by atoms with van der Waals surface area (Å²) in [5.41, 5.74) is 6.85. The highest BCUT2D eigenvalue weighted by Gasteiger charge is 2.50. The number of nitrogen functional groups attached to an aromatic ring is 1. The molecule has 0 saturated carbocycles. The van der Waals surface area contributed by atoms with E-state index < -0.39 is 17.9 Å². The molecular formula is C19H22N8O3. The molecule has 3 aromatic heterocycles. The van der Waals surface area contributed by atoms with E-state index in [1.165, 1.54) is 17.2 Å². The van der Waals surface area contributed by atoms with Crippen LogP contribution in [-0.2, 0) is 17.0 Å². The van der Waals surface area contributed by atoms with E-state index in [0.717, 1.165) is 17.6 Å². The number of aliphatic hydroxyl groups excluding tert-OH is 1. The molecule has 4 aromatic rings. The Morgan fingerprint density at radius 2 is 2.07 bits per heavy atom. The van der Waals surface area contributed by atoms with Gasteiger partial charge in [0.25, 0.3) is 0 Å². The van der Waals surface area contributed by atoms with Crippen molar-refractivity contribution in [3.05, 3.63) is 43.2 Å². The first kappa shape index (κ1) is 18.9. The van der Waals surface area contributed by atoms with Gasteiger partial charge in [0.05, 0.1) is 30.3 Å². The number of fused-ring (bicyclic) bond motifs is 2. The number of nitrogens with zero attached hydrogens (tertiary/aromatic N) is 6. The van der Waals surface area contributed by atoms with Crippen LogP contribution in [0.3, 0.4) is 0 Å². The van der Waals surface area contributed by atoms with E-state index in [1.807, 2.05) is 30.6 Å². The number of aromatic nitrogens is 6. The van der Waals surface area contributed by atoms with Crippen molar-refractivity contribution in [2.24, 2.45) is 0 Å². The molecule has 1 fully saturated rings. The van der Waals surface area contributed by atoms with Crippen LogP contribution in [0.25, 0.3) is 22.2 Å². The summed E-state index contributed by atoms with van der Waals surface area (Å²) in [5, 5.41) is 25.2. The summed E-state index contributed by atoms with van der Waals surface area (Å²) in [4.78, 5) is 16.6. The van der Waals surface area contributed by atoms with E-state index in [9.17, 15) is 10.2 Å². The Kier molecular flexibility index (Phi) is 4.59. The van der Waals surface area contributed by atoms with Crippen molar-refractivity contribution in [3.8, 4) is 0 Å². The second-order valence-electron chi connectivity index (χ2n) is 7.35. The Hall–Kier alpha value is -3.12. The van der Waals surface area contributed by atoms with Crippen molar-refractivity contribution in [3.63, 3.8) is 0 Å². The van der Waals surface area contributed by atoms with Gasteiger partial charge in [-0.1, -0.05) is 12.1 Å². The standard InChI is InChI=1S/C19H22N8O3/c20-17-15-18(23-9-22-17)27(11-25-15)19(29)8-30-14(16(19)28)7-21-5-6-26-10-24-12-3-1-2-4-13(12)26/h1-4,9-11,14,16,21,28-29H,5-8H2,(H2,20,22,23). The van der Waals surface area contributed by atoms with Crippen molar-refractivity contribution in [2.75, 3.05) is 25.4 Å². The minimum Gasteiger partial charge on any atom is -0.385 e. The quantitative estimate of drug-likeness (QED) is 0.307. The van der Waals surface area contributed by atoms with Gasteiger partial charge >= 0.3 is 0 Å². The molecule has 1 aliphatic heterocycles. The highest BCUT2D eigenvalue weighted by molar-refractivity contribution is 5.81. The predicted octanol–water partition coefficient (Wildman–Crippen LogP) is -0.547. The largest absolute Gasteiger partial charge is 0.385 e. The van der Waals surface area contributed by atoms with Gasteiger partial charge < -0.3 is 30.6 Å². The van der Waals surface area contributed by atoms with Crippen molar-refractivity contribution in [1.82, 2.24) is 34.4 Å². The monoisotopic (exact) mass is 410 g/mol. The summed E-state index contributed by atoms with van der Waals surface area (Å²) in [6.07, 6.45) is 2.73. The van der Waals surface area contributed by atoms with Crippen molar-refractivity contribution in [1.29, 1.82) is 0 Å². The average molecular weight is 410 g/mol. The second-order valence-corrected chi connectivity index (χ2v) is 7.35. The molecule has 0 bridgehead atoms. The maximum absolute atomic E-state index is 11.1. The van der Waals surface area contributed by atoms with Gasteiger partial charge in [-0.15, -0.1) is 0 Å². The molecule has 1 aliphatic rings. The Morgan fingerprint density at radius 3 is 2.97 bits per heavy atom. The molecule has 5 N–H and O–H groups in total. The van der Waals surface area contributed by atoms with Crippen molar-refractivity contribution >= 4 is 28.0 Å². The number of imidazole rings is 2. The third kappa shape index (κ3) is 2.99. The number of rotatable bonds is 6. The summed E-state index contributed by atoms with van der Waals surface area (Å²) in [6, 6.07) is 7.94. The summed E-state index contributed by atoms with van der Waals surface area (Å²) in [6.45, 7) is 1.65. The molecule has 156 valence electrons. The highest BCUT2D eigenvalue weighted by Crippen LogP contribution is 2.32. The maximum atomic E-state index is 11.1. The van der Waals surface area contributed by atoms with Crippen LogP contribution in [0.2, 0.25) is 0 Å². The van der Waals surface area contributed by atoms with Crippen molar-refractivity contribution in [2.45, 2.75) is 24.5 Å². The molecule has 0 spiro atoms. The third-order valence-electron chi connectivity index (χ3n) is 5.52. The molecule has 1 aromatic carbocycles. The zero-order valence-corrected chi connectivity index (χ0v) is 16.1. The van der Waals surface area contributed by atoms with Crippen molar-refractivity contribution < 1.29 is 14.9 Å². The number of nitrogens with one attached hydrogen (secondary N) is 1. The molecule has 4 heterocycles. The number of hydrogen-bond donors (Lipinski definition) is 4. The molecular weight excluding hydrogens is 388 g/mol. The number of anilines is 1. The number of nitrogens with two attached hydrogens (primary N) is 1. The Labute approximate surface area is 171 Å². The molecule has 0 aliphatic carbocycles. The van der Waals surface area contributed by atoms with E-state index in [2.05, 4.69) is 29.8 Å². The lowest BCUT2D eigenvalue weighted by Gasteiger charge is -2.28. The first-order valence-electron chi connectivity index (χ1n) is 9.64. The Balaban J connectivity index is 1.23. The normalized spacial score (nSPS) is 24.2. The van der Waals surface area contributed by atoms with Gasteiger partial charge in [0.15, 0.2) is 17.2 Å². The van der Waals surface area contributed by atoms with Crippen LogP contribution in [0.5, 0.6) is 0 Å². The minimum absolute atomic E-state index is 0.0952. The first-order chi connectivity index (χ1) is 14.6. The molecule has 11 nitrogen and oxygen atoms in total. The molecule has 0 amide bonds. The number of ether oxygens (including phenoxy) is 1. The molecule has 5 rings (SSSR count). The van der Waals surface area contributed by atoms with E-state index in [-0.39, 0.29) is 12.4 Å². The van der Waals surface area contributed by atoms with Crippen LogP contribution < -0.4 is 11.1 Å². The van der Waals surface area contributed by atoms with Gasteiger partial charge in [-0.25, -0.2) is 19.9 Å². The van der Waals surface area contributed by atoms with Gasteiger partial charge in [0, 0.05) is 19.6 Å². The minimum atomic E-state index is -1.69. The molecule has 3 unspecified atom stereocenters. The zero-order chi connectivity index (χ0) is 20.7. The number of benzene rings is 1. The lowest BCUT2D eigenvalue weighted by molar-refractivity contribution is -0.107. The van der Waals surface area contributed by atoms with Gasteiger partial charge in [-0.05, 0) is 12.1 Å². The fourth-order valence-electron chi connectivity index (χ4n) is 3.86. The fourth-order valence-corrected chi connectivity index (χ4v) is 3.86.